The van der Waals surface area contributed by atoms with Crippen LogP contribution in [0.1, 0.15) is 18.5 Å². The zero-order chi connectivity index (χ0) is 13.1. The second kappa shape index (κ2) is 6.24. The van der Waals surface area contributed by atoms with Crippen molar-refractivity contribution in [2.75, 3.05) is 0 Å². The fraction of sp³-hybridized carbons (Fsp3) is 0.143. The van der Waals surface area contributed by atoms with Crippen LogP contribution in [0.25, 0.3) is 0 Å². The highest BCUT2D eigenvalue weighted by molar-refractivity contribution is 9.11. The van der Waals surface area contributed by atoms with Crippen molar-refractivity contribution in [3.05, 3.63) is 57.0 Å². The minimum absolute atomic E-state index is 0.0591. The van der Waals surface area contributed by atoms with Gasteiger partial charge in [0.25, 0.3) is 0 Å². The van der Waals surface area contributed by atoms with Crippen LogP contribution in [0.4, 0.5) is 0 Å². The summed E-state index contributed by atoms with van der Waals surface area (Å²) in [5, 5.41) is 0. The van der Waals surface area contributed by atoms with Crippen LogP contribution in [0.3, 0.4) is 0 Å². The second-order valence-electron chi connectivity index (χ2n) is 4.01. The Kier molecular flexibility index (Phi) is 4.90. The summed E-state index contributed by atoms with van der Waals surface area (Å²) in [5.74, 6) is 0. The highest BCUT2D eigenvalue weighted by Crippen LogP contribution is 2.37. The number of benzene rings is 2. The van der Waals surface area contributed by atoms with Crippen molar-refractivity contribution in [3.8, 4) is 0 Å². The molecule has 1 atom stereocenters. The van der Waals surface area contributed by atoms with Crippen LogP contribution in [0.5, 0.6) is 0 Å². The monoisotopic (exact) mass is 385 g/mol. The molecule has 0 radical (unpaired) electrons. The zero-order valence-corrected chi connectivity index (χ0v) is 13.8. The molecule has 2 aromatic rings. The first kappa shape index (κ1) is 14.1. The molecule has 0 saturated carbocycles. The van der Waals surface area contributed by atoms with Crippen molar-refractivity contribution in [3.63, 3.8) is 0 Å². The van der Waals surface area contributed by atoms with Gasteiger partial charge in [0, 0.05) is 24.8 Å². The average Bonchev–Trinajstić information content (AvgIpc) is 2.34. The van der Waals surface area contributed by atoms with Gasteiger partial charge < -0.3 is 5.73 Å². The summed E-state index contributed by atoms with van der Waals surface area (Å²) < 4.78 is 2.19. The molecule has 0 bridgehead atoms. The number of hydrogen-bond acceptors (Lipinski definition) is 2. The van der Waals surface area contributed by atoms with E-state index >= 15 is 0 Å². The Morgan fingerprint density at radius 1 is 1.00 bits per heavy atom. The third-order valence-corrected chi connectivity index (χ3v) is 5.56. The van der Waals surface area contributed by atoms with E-state index in [-0.39, 0.29) is 6.04 Å². The van der Waals surface area contributed by atoms with E-state index in [0.29, 0.717) is 0 Å². The van der Waals surface area contributed by atoms with E-state index in [4.69, 9.17) is 5.73 Å². The summed E-state index contributed by atoms with van der Waals surface area (Å²) in [7, 11) is 0. The fourth-order valence-corrected chi connectivity index (χ4v) is 3.54. The average molecular weight is 387 g/mol. The van der Waals surface area contributed by atoms with Gasteiger partial charge in [0.2, 0.25) is 0 Å². The third-order valence-electron chi connectivity index (χ3n) is 2.54. The Bertz CT molecular complexity index is 555. The molecule has 2 aromatic carbocycles. The van der Waals surface area contributed by atoms with Crippen molar-refractivity contribution in [1.29, 1.82) is 0 Å². The van der Waals surface area contributed by atoms with E-state index in [1.54, 1.807) is 11.8 Å². The maximum atomic E-state index is 5.87. The van der Waals surface area contributed by atoms with E-state index in [1.165, 1.54) is 9.79 Å². The van der Waals surface area contributed by atoms with E-state index in [9.17, 15) is 0 Å². The molecular formula is C14H13Br2NS. The Balaban J connectivity index is 2.28. The van der Waals surface area contributed by atoms with E-state index in [1.807, 2.05) is 25.1 Å². The van der Waals surface area contributed by atoms with Gasteiger partial charge in [-0.25, -0.2) is 0 Å². The Labute approximate surface area is 128 Å². The molecule has 0 unspecified atom stereocenters. The first-order valence-electron chi connectivity index (χ1n) is 5.55. The maximum Gasteiger partial charge on any atom is 0.0318 e. The molecule has 0 aliphatic carbocycles. The zero-order valence-electron chi connectivity index (χ0n) is 9.86. The number of hydrogen-bond donors (Lipinski definition) is 1. The molecule has 2 rings (SSSR count). The summed E-state index contributed by atoms with van der Waals surface area (Å²) >= 11 is 8.89. The molecule has 18 heavy (non-hydrogen) atoms. The Morgan fingerprint density at radius 2 is 1.67 bits per heavy atom. The second-order valence-corrected chi connectivity index (χ2v) is 6.80. The van der Waals surface area contributed by atoms with Gasteiger partial charge in [0.15, 0.2) is 0 Å². The third kappa shape index (κ3) is 3.38. The first-order chi connectivity index (χ1) is 8.58. The molecule has 0 amide bonds. The van der Waals surface area contributed by atoms with Crippen LogP contribution < -0.4 is 5.73 Å². The highest BCUT2D eigenvalue weighted by atomic mass is 79.9. The maximum absolute atomic E-state index is 5.87. The first-order valence-corrected chi connectivity index (χ1v) is 7.95. The van der Waals surface area contributed by atoms with Crippen LogP contribution in [0, 0.1) is 0 Å². The molecule has 4 heteroatoms. The predicted octanol–water partition coefficient (Wildman–Crippen LogP) is 5.38. The minimum Gasteiger partial charge on any atom is -0.324 e. The van der Waals surface area contributed by atoms with Gasteiger partial charge in [-0.15, -0.1) is 0 Å². The standard InChI is InChI=1S/C14H13Br2NS/c1-9(17)10-6-7-14(12(16)8-10)18-13-5-3-2-4-11(13)15/h2-9H,17H2,1H3/t9-/m1/s1. The van der Waals surface area contributed by atoms with Crippen LogP contribution >= 0.6 is 43.6 Å². The van der Waals surface area contributed by atoms with E-state index < -0.39 is 0 Å². The largest absolute Gasteiger partial charge is 0.324 e. The molecule has 0 aliphatic heterocycles. The van der Waals surface area contributed by atoms with Crippen LogP contribution in [0.2, 0.25) is 0 Å². The van der Waals surface area contributed by atoms with Gasteiger partial charge in [0.1, 0.15) is 0 Å². The predicted molar refractivity (Wildman–Crippen MR) is 85.0 cm³/mol. The van der Waals surface area contributed by atoms with E-state index in [2.05, 4.69) is 56.1 Å². The van der Waals surface area contributed by atoms with Gasteiger partial charge in [0.05, 0.1) is 0 Å². The number of rotatable bonds is 3. The van der Waals surface area contributed by atoms with E-state index in [0.717, 1.165) is 14.5 Å². The Hall–Kier alpha value is -0.290. The van der Waals surface area contributed by atoms with Gasteiger partial charge in [-0.1, -0.05) is 30.0 Å². The smallest absolute Gasteiger partial charge is 0.0318 e. The molecule has 2 N–H and O–H groups in total. The van der Waals surface area contributed by atoms with Crippen molar-refractivity contribution in [2.24, 2.45) is 5.73 Å². The molecule has 0 fully saturated rings. The SMILES string of the molecule is C[C@@H](N)c1ccc(Sc2ccccc2Br)c(Br)c1. The lowest BCUT2D eigenvalue weighted by atomic mass is 10.1. The molecular weight excluding hydrogens is 374 g/mol. The summed E-state index contributed by atoms with van der Waals surface area (Å²) in [5.41, 5.74) is 7.01. The van der Waals surface area contributed by atoms with Crippen LogP contribution in [0.15, 0.2) is 61.2 Å². The van der Waals surface area contributed by atoms with Gasteiger partial charge in [-0.05, 0) is 68.6 Å². The van der Waals surface area contributed by atoms with Gasteiger partial charge in [-0.2, -0.15) is 0 Å². The molecule has 0 aliphatic rings. The summed E-state index contributed by atoms with van der Waals surface area (Å²) in [6, 6.07) is 14.5. The fourth-order valence-electron chi connectivity index (χ4n) is 1.53. The molecule has 1 nitrogen and oxygen atoms in total. The van der Waals surface area contributed by atoms with Crippen molar-refractivity contribution in [2.45, 2.75) is 22.8 Å². The lowest BCUT2D eigenvalue weighted by Crippen LogP contribution is -2.04. The van der Waals surface area contributed by atoms with Crippen molar-refractivity contribution in [1.82, 2.24) is 0 Å². The summed E-state index contributed by atoms with van der Waals surface area (Å²) in [6.45, 7) is 1.99. The Morgan fingerprint density at radius 3 is 2.28 bits per heavy atom. The lowest BCUT2D eigenvalue weighted by molar-refractivity contribution is 0.815. The number of nitrogens with two attached hydrogens (primary N) is 1. The number of halogens is 2. The summed E-state index contributed by atoms with van der Waals surface area (Å²) in [4.78, 5) is 2.39. The quantitative estimate of drug-likeness (QED) is 0.765. The van der Waals surface area contributed by atoms with Gasteiger partial charge in [-0.3, -0.25) is 0 Å². The van der Waals surface area contributed by atoms with Crippen molar-refractivity contribution < 1.29 is 0 Å². The normalized spacial score (nSPS) is 12.4. The summed E-state index contributed by atoms with van der Waals surface area (Å²) in [6.07, 6.45) is 0. The molecule has 0 heterocycles. The lowest BCUT2D eigenvalue weighted by Gasteiger charge is -2.10. The van der Waals surface area contributed by atoms with Gasteiger partial charge >= 0.3 is 0 Å². The molecule has 0 spiro atoms. The minimum atomic E-state index is 0.0591. The van der Waals surface area contributed by atoms with Crippen LogP contribution in [-0.4, -0.2) is 0 Å². The van der Waals surface area contributed by atoms with Crippen molar-refractivity contribution >= 4 is 43.6 Å². The molecule has 0 aromatic heterocycles. The molecule has 94 valence electrons. The highest BCUT2D eigenvalue weighted by Gasteiger charge is 2.07. The molecule has 0 saturated heterocycles. The topological polar surface area (TPSA) is 26.0 Å². The van der Waals surface area contributed by atoms with Crippen LogP contribution in [-0.2, 0) is 0 Å².